The summed E-state index contributed by atoms with van der Waals surface area (Å²) in [7, 11) is 0. The third-order valence-corrected chi connectivity index (χ3v) is 2.10. The molecule has 15 heavy (non-hydrogen) atoms. The first-order valence-corrected chi connectivity index (χ1v) is 5.42. The zero-order valence-electron chi connectivity index (χ0n) is 9.45. The number of anilines is 1. The summed E-state index contributed by atoms with van der Waals surface area (Å²) >= 11 is 0. The lowest BCUT2D eigenvalue weighted by atomic mass is 10.4. The van der Waals surface area contributed by atoms with Crippen LogP contribution in [-0.4, -0.2) is 22.1 Å². The fourth-order valence-electron chi connectivity index (χ4n) is 1.32. The van der Waals surface area contributed by atoms with Crippen molar-refractivity contribution < 1.29 is 4.74 Å². The molecule has 1 aromatic heterocycles. The van der Waals surface area contributed by atoms with Crippen molar-refractivity contribution in [1.29, 1.82) is 0 Å². The summed E-state index contributed by atoms with van der Waals surface area (Å²) < 4.78 is 5.55. The molecule has 4 heteroatoms. The molecule has 2 rings (SSSR count). The van der Waals surface area contributed by atoms with Gasteiger partial charge in [-0.15, -0.1) is 0 Å². The topological polar surface area (TPSA) is 47.0 Å². The van der Waals surface area contributed by atoms with Crippen LogP contribution in [0.5, 0.6) is 5.88 Å². The van der Waals surface area contributed by atoms with Gasteiger partial charge in [0.05, 0.1) is 6.10 Å². The smallest absolute Gasteiger partial charge is 0.226 e. The van der Waals surface area contributed by atoms with Gasteiger partial charge >= 0.3 is 0 Å². The van der Waals surface area contributed by atoms with Crippen molar-refractivity contribution in [2.45, 2.75) is 45.8 Å². The number of nitrogens with one attached hydrogen (secondary N) is 1. The number of aromatic nitrogens is 2. The van der Waals surface area contributed by atoms with Gasteiger partial charge in [0, 0.05) is 17.8 Å². The average molecular weight is 207 g/mol. The zero-order chi connectivity index (χ0) is 10.8. The van der Waals surface area contributed by atoms with Crippen LogP contribution in [0.4, 0.5) is 5.95 Å². The molecule has 1 N–H and O–H groups in total. The van der Waals surface area contributed by atoms with E-state index < -0.39 is 0 Å². The lowest BCUT2D eigenvalue weighted by Gasteiger charge is -2.10. The molecule has 82 valence electrons. The molecule has 4 nitrogen and oxygen atoms in total. The minimum Gasteiger partial charge on any atom is -0.475 e. The van der Waals surface area contributed by atoms with Gasteiger partial charge in [-0.2, -0.15) is 4.98 Å². The van der Waals surface area contributed by atoms with Gasteiger partial charge in [0.2, 0.25) is 11.8 Å². The molecule has 0 radical (unpaired) electrons. The fourth-order valence-corrected chi connectivity index (χ4v) is 1.32. The van der Waals surface area contributed by atoms with Crippen molar-refractivity contribution in [2.75, 3.05) is 5.32 Å². The highest BCUT2D eigenvalue weighted by molar-refractivity contribution is 5.33. The Balaban J connectivity index is 2.11. The molecule has 1 aromatic rings. The summed E-state index contributed by atoms with van der Waals surface area (Å²) in [5.74, 6) is 1.34. The lowest BCUT2D eigenvalue weighted by molar-refractivity contribution is 0.232. The molecule has 0 aromatic carbocycles. The van der Waals surface area contributed by atoms with Crippen LogP contribution in [0.15, 0.2) is 6.07 Å². The Morgan fingerprint density at radius 1 is 1.40 bits per heavy atom. The second-order valence-corrected chi connectivity index (χ2v) is 4.26. The zero-order valence-corrected chi connectivity index (χ0v) is 9.45. The molecular formula is C11H17N3O. The Labute approximate surface area is 90.1 Å². The highest BCUT2D eigenvalue weighted by Crippen LogP contribution is 2.24. The number of nitrogens with zero attached hydrogens (tertiary/aromatic N) is 2. The van der Waals surface area contributed by atoms with E-state index in [4.69, 9.17) is 4.74 Å². The first-order valence-electron chi connectivity index (χ1n) is 5.42. The third-order valence-electron chi connectivity index (χ3n) is 2.10. The molecule has 0 amide bonds. The second kappa shape index (κ2) is 4.04. The standard InChI is InChI=1S/C11H17N3O/c1-7(2)15-10-6-8(3)12-11(14-10)13-9-4-5-9/h6-7,9H,4-5H2,1-3H3,(H,12,13,14). The molecule has 1 saturated carbocycles. The Bertz CT molecular complexity index is 325. The Kier molecular flexibility index (Phi) is 2.75. The van der Waals surface area contributed by atoms with E-state index in [0.717, 1.165) is 5.69 Å². The van der Waals surface area contributed by atoms with Crippen LogP contribution in [0.2, 0.25) is 0 Å². The number of hydrogen-bond donors (Lipinski definition) is 1. The van der Waals surface area contributed by atoms with Gasteiger partial charge in [0.15, 0.2) is 0 Å². The minimum atomic E-state index is 0.146. The first-order chi connectivity index (χ1) is 7.13. The van der Waals surface area contributed by atoms with E-state index in [0.29, 0.717) is 17.9 Å². The summed E-state index contributed by atoms with van der Waals surface area (Å²) in [5.41, 5.74) is 0.934. The van der Waals surface area contributed by atoms with E-state index in [2.05, 4.69) is 15.3 Å². The van der Waals surface area contributed by atoms with Gasteiger partial charge in [0.1, 0.15) is 0 Å². The predicted octanol–water partition coefficient (Wildman–Crippen LogP) is 2.15. The van der Waals surface area contributed by atoms with Crippen LogP contribution in [0, 0.1) is 6.92 Å². The van der Waals surface area contributed by atoms with Crippen molar-refractivity contribution in [1.82, 2.24) is 9.97 Å². The predicted molar refractivity (Wildman–Crippen MR) is 59.2 cm³/mol. The summed E-state index contributed by atoms with van der Waals surface area (Å²) in [6.45, 7) is 5.93. The van der Waals surface area contributed by atoms with Gasteiger partial charge in [-0.25, -0.2) is 4.98 Å². The van der Waals surface area contributed by atoms with Crippen molar-refractivity contribution >= 4 is 5.95 Å². The average Bonchev–Trinajstić information content (AvgIpc) is 2.85. The molecule has 0 spiro atoms. The number of aryl methyl sites for hydroxylation is 1. The Hall–Kier alpha value is -1.32. The highest BCUT2D eigenvalue weighted by atomic mass is 16.5. The van der Waals surface area contributed by atoms with Crippen molar-refractivity contribution in [3.63, 3.8) is 0 Å². The monoisotopic (exact) mass is 207 g/mol. The molecule has 0 unspecified atom stereocenters. The second-order valence-electron chi connectivity index (χ2n) is 4.26. The van der Waals surface area contributed by atoms with Crippen LogP contribution >= 0.6 is 0 Å². The Morgan fingerprint density at radius 3 is 2.73 bits per heavy atom. The Morgan fingerprint density at radius 2 is 2.13 bits per heavy atom. The normalized spacial score (nSPS) is 15.5. The highest BCUT2D eigenvalue weighted by Gasteiger charge is 2.22. The quantitative estimate of drug-likeness (QED) is 0.821. The third kappa shape index (κ3) is 3.08. The van der Waals surface area contributed by atoms with Crippen LogP contribution < -0.4 is 10.1 Å². The summed E-state index contributed by atoms with van der Waals surface area (Å²) in [6.07, 6.45) is 2.59. The van der Waals surface area contributed by atoms with Crippen LogP contribution in [0.1, 0.15) is 32.4 Å². The largest absolute Gasteiger partial charge is 0.475 e. The van der Waals surface area contributed by atoms with E-state index in [1.165, 1.54) is 12.8 Å². The molecular weight excluding hydrogens is 190 g/mol. The van der Waals surface area contributed by atoms with E-state index in [9.17, 15) is 0 Å². The molecule has 1 aliphatic carbocycles. The van der Waals surface area contributed by atoms with Gasteiger partial charge in [-0.05, 0) is 33.6 Å². The number of rotatable bonds is 4. The molecule has 1 heterocycles. The van der Waals surface area contributed by atoms with Crippen molar-refractivity contribution in [3.05, 3.63) is 11.8 Å². The number of ether oxygens (including phenoxy) is 1. The minimum absolute atomic E-state index is 0.146. The summed E-state index contributed by atoms with van der Waals surface area (Å²) in [5, 5.41) is 3.27. The molecule has 1 fully saturated rings. The first kappa shape index (κ1) is 10.2. The van der Waals surface area contributed by atoms with E-state index in [1.807, 2.05) is 26.8 Å². The summed E-state index contributed by atoms with van der Waals surface area (Å²) in [6, 6.07) is 2.43. The molecule has 0 bridgehead atoms. The van der Waals surface area contributed by atoms with Crippen molar-refractivity contribution in [2.24, 2.45) is 0 Å². The van der Waals surface area contributed by atoms with Gasteiger partial charge < -0.3 is 10.1 Å². The van der Waals surface area contributed by atoms with E-state index >= 15 is 0 Å². The maximum Gasteiger partial charge on any atom is 0.226 e. The summed E-state index contributed by atoms with van der Waals surface area (Å²) in [4.78, 5) is 8.63. The maximum atomic E-state index is 5.55. The fraction of sp³-hybridized carbons (Fsp3) is 0.636. The van der Waals surface area contributed by atoms with Crippen LogP contribution in [-0.2, 0) is 0 Å². The van der Waals surface area contributed by atoms with Gasteiger partial charge in [-0.1, -0.05) is 0 Å². The number of hydrogen-bond acceptors (Lipinski definition) is 4. The SMILES string of the molecule is Cc1cc(OC(C)C)nc(NC2CC2)n1. The maximum absolute atomic E-state index is 5.55. The van der Waals surface area contributed by atoms with E-state index in [-0.39, 0.29) is 6.10 Å². The van der Waals surface area contributed by atoms with Gasteiger partial charge in [0.25, 0.3) is 0 Å². The van der Waals surface area contributed by atoms with Crippen LogP contribution in [0.25, 0.3) is 0 Å². The van der Waals surface area contributed by atoms with E-state index in [1.54, 1.807) is 0 Å². The van der Waals surface area contributed by atoms with Crippen molar-refractivity contribution in [3.8, 4) is 5.88 Å². The molecule has 1 aliphatic rings. The van der Waals surface area contributed by atoms with Gasteiger partial charge in [-0.3, -0.25) is 0 Å². The molecule has 0 atom stereocenters. The molecule has 0 aliphatic heterocycles. The molecule has 0 saturated heterocycles. The van der Waals surface area contributed by atoms with Crippen LogP contribution in [0.3, 0.4) is 0 Å². The lowest BCUT2D eigenvalue weighted by Crippen LogP contribution is -2.11.